The molecule has 1 heterocycles. The Kier molecular flexibility index (Phi) is 2.37. The molecule has 0 saturated heterocycles. The van der Waals surface area contributed by atoms with Crippen LogP contribution in [0.3, 0.4) is 0 Å². The number of aromatic nitrogens is 2. The van der Waals surface area contributed by atoms with E-state index in [2.05, 4.69) is 9.97 Å². The zero-order valence-electron chi connectivity index (χ0n) is 8.53. The molecule has 2 N–H and O–H groups in total. The topological polar surface area (TPSA) is 61.0 Å². The summed E-state index contributed by atoms with van der Waals surface area (Å²) in [4.78, 5) is 8.60. The third kappa shape index (κ3) is 1.70. The summed E-state index contributed by atoms with van der Waals surface area (Å²) in [6.07, 6.45) is 4.02. The molecule has 1 aromatic rings. The van der Waals surface area contributed by atoms with Crippen molar-refractivity contribution in [2.24, 2.45) is 0 Å². The lowest BCUT2D eigenvalue weighted by molar-refractivity contribution is 0.112. The van der Waals surface area contributed by atoms with Crippen molar-refractivity contribution in [3.05, 3.63) is 17.7 Å². The van der Waals surface area contributed by atoms with Crippen molar-refractivity contribution in [2.75, 3.05) is 12.8 Å². The van der Waals surface area contributed by atoms with E-state index >= 15 is 0 Å². The third-order valence-electron chi connectivity index (χ3n) is 2.55. The first-order valence-corrected chi connectivity index (χ1v) is 4.87. The number of nitrogens with zero attached hydrogens (tertiary/aromatic N) is 2. The van der Waals surface area contributed by atoms with Gasteiger partial charge in [0.15, 0.2) is 5.82 Å². The first-order chi connectivity index (χ1) is 6.72. The summed E-state index contributed by atoms with van der Waals surface area (Å²) in [5.74, 6) is 1.28. The summed E-state index contributed by atoms with van der Waals surface area (Å²) in [5, 5.41) is 0. The summed E-state index contributed by atoms with van der Waals surface area (Å²) in [6.45, 7) is 1.93. The van der Waals surface area contributed by atoms with E-state index in [0.29, 0.717) is 11.6 Å². The van der Waals surface area contributed by atoms with Gasteiger partial charge in [-0.05, 0) is 19.8 Å². The van der Waals surface area contributed by atoms with E-state index in [1.54, 1.807) is 13.3 Å². The molecular formula is C10H15N3O. The van der Waals surface area contributed by atoms with Crippen molar-refractivity contribution >= 4 is 5.69 Å². The Morgan fingerprint density at radius 1 is 1.57 bits per heavy atom. The van der Waals surface area contributed by atoms with E-state index in [1.807, 2.05) is 6.92 Å². The number of hydrogen-bond donors (Lipinski definition) is 1. The van der Waals surface area contributed by atoms with E-state index < -0.39 is 0 Å². The standard InChI is InChI=1S/C10H15N3O/c1-6(14-2)10-12-5-8(11)9(13-10)7-3-4-7/h5-7H,3-4,11H2,1-2H3. The molecular weight excluding hydrogens is 178 g/mol. The van der Waals surface area contributed by atoms with Gasteiger partial charge in [0, 0.05) is 13.0 Å². The second-order valence-corrected chi connectivity index (χ2v) is 3.72. The quantitative estimate of drug-likeness (QED) is 0.792. The molecule has 1 fully saturated rings. The fraction of sp³-hybridized carbons (Fsp3) is 0.600. The van der Waals surface area contributed by atoms with Crippen LogP contribution in [0.1, 0.15) is 43.3 Å². The zero-order chi connectivity index (χ0) is 10.1. The van der Waals surface area contributed by atoms with Crippen molar-refractivity contribution in [1.29, 1.82) is 0 Å². The molecule has 1 saturated carbocycles. The highest BCUT2D eigenvalue weighted by Gasteiger charge is 2.28. The van der Waals surface area contributed by atoms with Crippen LogP contribution in [0.5, 0.6) is 0 Å². The van der Waals surface area contributed by atoms with Crippen LogP contribution >= 0.6 is 0 Å². The van der Waals surface area contributed by atoms with E-state index in [-0.39, 0.29) is 6.10 Å². The molecule has 1 aliphatic carbocycles. The van der Waals surface area contributed by atoms with Crippen LogP contribution in [0.25, 0.3) is 0 Å². The van der Waals surface area contributed by atoms with Crippen LogP contribution in [0, 0.1) is 0 Å². The van der Waals surface area contributed by atoms with Crippen molar-refractivity contribution in [2.45, 2.75) is 31.8 Å². The maximum Gasteiger partial charge on any atom is 0.157 e. The summed E-state index contributed by atoms with van der Waals surface area (Å²) in [7, 11) is 1.65. The van der Waals surface area contributed by atoms with Crippen molar-refractivity contribution in [1.82, 2.24) is 9.97 Å². The van der Waals surface area contributed by atoms with Crippen LogP contribution in [0.15, 0.2) is 6.20 Å². The van der Waals surface area contributed by atoms with Crippen LogP contribution in [-0.2, 0) is 4.74 Å². The maximum absolute atomic E-state index is 5.81. The number of ether oxygens (including phenoxy) is 1. The molecule has 0 bridgehead atoms. The van der Waals surface area contributed by atoms with Crippen LogP contribution < -0.4 is 5.73 Å². The Hall–Kier alpha value is -1.16. The van der Waals surface area contributed by atoms with E-state index in [4.69, 9.17) is 10.5 Å². The lowest BCUT2D eigenvalue weighted by Gasteiger charge is -2.10. The fourth-order valence-electron chi connectivity index (χ4n) is 1.40. The molecule has 0 radical (unpaired) electrons. The van der Waals surface area contributed by atoms with Gasteiger partial charge in [0.25, 0.3) is 0 Å². The van der Waals surface area contributed by atoms with E-state index in [9.17, 15) is 0 Å². The predicted molar refractivity (Wildman–Crippen MR) is 53.8 cm³/mol. The molecule has 4 heteroatoms. The first kappa shape index (κ1) is 9.40. The van der Waals surface area contributed by atoms with Gasteiger partial charge >= 0.3 is 0 Å². The number of nitrogen functional groups attached to an aromatic ring is 1. The normalized spacial score (nSPS) is 18.1. The molecule has 1 aromatic heterocycles. The summed E-state index contributed by atoms with van der Waals surface area (Å²) in [5.41, 5.74) is 7.51. The molecule has 2 rings (SSSR count). The SMILES string of the molecule is COC(C)c1ncc(N)c(C2CC2)n1. The van der Waals surface area contributed by atoms with Gasteiger partial charge in [-0.1, -0.05) is 0 Å². The monoisotopic (exact) mass is 193 g/mol. The Balaban J connectivity index is 2.30. The average molecular weight is 193 g/mol. The van der Waals surface area contributed by atoms with Gasteiger partial charge in [0.2, 0.25) is 0 Å². The number of methoxy groups -OCH3 is 1. The molecule has 0 aromatic carbocycles. The van der Waals surface area contributed by atoms with Crippen LogP contribution in [-0.4, -0.2) is 17.1 Å². The van der Waals surface area contributed by atoms with Crippen molar-refractivity contribution in [3.8, 4) is 0 Å². The smallest absolute Gasteiger partial charge is 0.157 e. The minimum Gasteiger partial charge on any atom is -0.396 e. The van der Waals surface area contributed by atoms with Gasteiger partial charge in [0.05, 0.1) is 17.6 Å². The van der Waals surface area contributed by atoms with Gasteiger partial charge in [-0.3, -0.25) is 0 Å². The minimum atomic E-state index is -0.0619. The summed E-state index contributed by atoms with van der Waals surface area (Å²) < 4.78 is 5.17. The third-order valence-corrected chi connectivity index (χ3v) is 2.55. The van der Waals surface area contributed by atoms with Gasteiger partial charge in [-0.15, -0.1) is 0 Å². The molecule has 14 heavy (non-hydrogen) atoms. The Morgan fingerprint density at radius 3 is 2.86 bits per heavy atom. The van der Waals surface area contributed by atoms with Crippen molar-refractivity contribution in [3.63, 3.8) is 0 Å². The molecule has 4 nitrogen and oxygen atoms in total. The van der Waals surface area contributed by atoms with Gasteiger partial charge in [0.1, 0.15) is 6.10 Å². The molecule has 76 valence electrons. The number of rotatable bonds is 3. The second-order valence-electron chi connectivity index (χ2n) is 3.72. The predicted octanol–water partition coefficient (Wildman–Crippen LogP) is 1.64. The zero-order valence-corrected chi connectivity index (χ0v) is 8.53. The lowest BCUT2D eigenvalue weighted by atomic mass is 10.2. The highest BCUT2D eigenvalue weighted by Crippen LogP contribution is 2.41. The second kappa shape index (κ2) is 3.53. The number of nitrogens with two attached hydrogens (primary N) is 1. The van der Waals surface area contributed by atoms with Gasteiger partial charge < -0.3 is 10.5 Å². The molecule has 0 spiro atoms. The van der Waals surface area contributed by atoms with Crippen LogP contribution in [0.2, 0.25) is 0 Å². The Bertz CT molecular complexity index is 336. The Labute approximate surface area is 83.5 Å². The van der Waals surface area contributed by atoms with E-state index in [1.165, 1.54) is 12.8 Å². The lowest BCUT2D eigenvalue weighted by Crippen LogP contribution is -2.07. The molecule has 0 amide bonds. The fourth-order valence-corrected chi connectivity index (χ4v) is 1.40. The highest BCUT2D eigenvalue weighted by molar-refractivity contribution is 5.44. The largest absolute Gasteiger partial charge is 0.396 e. The molecule has 1 atom stereocenters. The maximum atomic E-state index is 5.81. The molecule has 1 unspecified atom stereocenters. The molecule has 0 aliphatic heterocycles. The number of anilines is 1. The van der Waals surface area contributed by atoms with Crippen molar-refractivity contribution < 1.29 is 4.74 Å². The summed E-state index contributed by atoms with van der Waals surface area (Å²) >= 11 is 0. The van der Waals surface area contributed by atoms with Crippen LogP contribution in [0.4, 0.5) is 5.69 Å². The summed E-state index contributed by atoms with van der Waals surface area (Å²) in [6, 6.07) is 0. The van der Waals surface area contributed by atoms with E-state index in [0.717, 1.165) is 11.5 Å². The average Bonchev–Trinajstić information content (AvgIpc) is 3.01. The highest BCUT2D eigenvalue weighted by atomic mass is 16.5. The number of hydrogen-bond acceptors (Lipinski definition) is 4. The van der Waals surface area contributed by atoms with Gasteiger partial charge in [-0.2, -0.15) is 0 Å². The minimum absolute atomic E-state index is 0.0619. The van der Waals surface area contributed by atoms with Gasteiger partial charge in [-0.25, -0.2) is 9.97 Å². The Morgan fingerprint density at radius 2 is 2.29 bits per heavy atom. The molecule has 1 aliphatic rings. The first-order valence-electron chi connectivity index (χ1n) is 4.87.